The van der Waals surface area contributed by atoms with E-state index in [1.165, 1.54) is 103 Å². The van der Waals surface area contributed by atoms with Gasteiger partial charge in [-0.25, -0.2) is 0 Å². The molecule has 4 rings (SSSR count). The normalized spacial score (nSPS) is 33.0. The van der Waals surface area contributed by atoms with Gasteiger partial charge in [0.15, 0.2) is 0 Å². The summed E-state index contributed by atoms with van der Waals surface area (Å²) >= 11 is 13.5. The van der Waals surface area contributed by atoms with E-state index in [9.17, 15) is 0 Å². The second-order valence-corrected chi connectivity index (χ2v) is 14.8. The molecule has 4 fully saturated rings. The summed E-state index contributed by atoms with van der Waals surface area (Å²) in [7, 11) is -1.07. The van der Waals surface area contributed by atoms with E-state index in [0.29, 0.717) is 0 Å². The zero-order valence-corrected chi connectivity index (χ0v) is 24.4. The molecule has 0 radical (unpaired) electrons. The van der Waals surface area contributed by atoms with Crippen molar-refractivity contribution in [2.45, 2.75) is 129 Å². The Hall–Kier alpha value is 1.28. The third-order valence-electron chi connectivity index (χ3n) is 8.12. The van der Waals surface area contributed by atoms with Crippen LogP contribution < -0.4 is 0 Å². The monoisotopic (exact) mass is 524 g/mol. The molecule has 4 nitrogen and oxygen atoms in total. The summed E-state index contributed by atoms with van der Waals surface area (Å²) in [4.78, 5) is 0. The van der Waals surface area contributed by atoms with Gasteiger partial charge in [0.1, 0.15) is 15.2 Å². The van der Waals surface area contributed by atoms with E-state index in [0.717, 1.165) is 24.2 Å². The Labute approximate surface area is 211 Å². The molecular weight excluding hydrogens is 477 g/mol. The van der Waals surface area contributed by atoms with Crippen LogP contribution in [0.2, 0.25) is 0 Å². The Bertz CT molecular complexity index is 456. The zero-order valence-electron chi connectivity index (χ0n) is 21.1. The highest BCUT2D eigenvalue weighted by Gasteiger charge is 2.38. The van der Waals surface area contributed by atoms with Crippen molar-refractivity contribution in [2.24, 2.45) is 0 Å². The van der Waals surface area contributed by atoms with Crippen LogP contribution in [0.4, 0.5) is 0 Å². The van der Waals surface area contributed by atoms with Crippen molar-refractivity contribution in [3.63, 3.8) is 0 Å². The Morgan fingerprint density at radius 2 is 0.719 bits per heavy atom. The maximum atomic E-state index is 6.76. The number of rotatable bonds is 8. The van der Waals surface area contributed by atoms with Crippen molar-refractivity contribution in [3.05, 3.63) is 0 Å². The van der Waals surface area contributed by atoms with Crippen LogP contribution in [0.15, 0.2) is 0 Å². The topological polar surface area (TPSA) is 13.0 Å². The first-order valence-corrected chi connectivity index (χ1v) is 17.8. The van der Waals surface area contributed by atoms with E-state index >= 15 is 0 Å². The van der Waals surface area contributed by atoms with Crippen molar-refractivity contribution in [1.29, 1.82) is 0 Å². The summed E-state index contributed by atoms with van der Waals surface area (Å²) in [6.07, 6.45) is 15.8. The highest BCUT2D eigenvalue weighted by Crippen LogP contribution is 2.57. The van der Waals surface area contributed by atoms with Crippen molar-refractivity contribution < 1.29 is 0 Å². The first-order chi connectivity index (χ1) is 15.5. The standard InChI is InChI=1S/2C12H24ClN2P/c2*1-3-11-7-5-9-14(11)16(13)15-10-6-8-12(15)4-2/h2*11-12H,3-10H2,1-2H3/t2*11-,12-/m10/s1. The van der Waals surface area contributed by atoms with Crippen LogP contribution in [-0.2, 0) is 0 Å². The molecule has 188 valence electrons. The second-order valence-electron chi connectivity index (χ2n) is 9.95. The van der Waals surface area contributed by atoms with Gasteiger partial charge in [-0.15, -0.1) is 0 Å². The Kier molecular flexibility index (Phi) is 12.3. The van der Waals surface area contributed by atoms with Gasteiger partial charge in [0.2, 0.25) is 0 Å². The van der Waals surface area contributed by atoms with Gasteiger partial charge >= 0.3 is 0 Å². The Balaban J connectivity index is 0.000000181. The van der Waals surface area contributed by atoms with Gasteiger partial charge in [0.25, 0.3) is 0 Å². The molecule has 4 heterocycles. The van der Waals surface area contributed by atoms with Crippen LogP contribution in [0.5, 0.6) is 0 Å². The van der Waals surface area contributed by atoms with E-state index in [1.54, 1.807) is 0 Å². The minimum Gasteiger partial charge on any atom is -0.254 e. The predicted octanol–water partition coefficient (Wildman–Crippen LogP) is 8.40. The number of hydrogen-bond donors (Lipinski definition) is 0. The maximum Gasteiger partial charge on any atom is 0.140 e. The lowest BCUT2D eigenvalue weighted by Crippen LogP contribution is -2.32. The lowest BCUT2D eigenvalue weighted by molar-refractivity contribution is 0.351. The van der Waals surface area contributed by atoms with Crippen molar-refractivity contribution in [2.75, 3.05) is 26.2 Å². The molecule has 0 amide bonds. The molecule has 4 aliphatic heterocycles. The van der Waals surface area contributed by atoms with Crippen LogP contribution >= 0.6 is 37.6 Å². The van der Waals surface area contributed by atoms with Gasteiger partial charge in [-0.2, -0.15) is 0 Å². The molecule has 8 heteroatoms. The third-order valence-corrected chi connectivity index (χ3v) is 14.2. The first-order valence-electron chi connectivity index (χ1n) is 13.5. The molecule has 4 saturated heterocycles. The summed E-state index contributed by atoms with van der Waals surface area (Å²) in [6, 6.07) is 3.01. The molecule has 0 aliphatic carbocycles. The van der Waals surface area contributed by atoms with Gasteiger partial charge in [0, 0.05) is 50.3 Å². The van der Waals surface area contributed by atoms with Crippen molar-refractivity contribution in [1.82, 2.24) is 18.7 Å². The average Bonchev–Trinajstić information content (AvgIpc) is 3.63. The van der Waals surface area contributed by atoms with E-state index in [1.807, 2.05) is 0 Å². The van der Waals surface area contributed by atoms with Crippen LogP contribution in [-0.4, -0.2) is 69.0 Å². The van der Waals surface area contributed by atoms with E-state index in [4.69, 9.17) is 22.5 Å². The highest BCUT2D eigenvalue weighted by atomic mass is 35.7. The number of nitrogens with zero attached hydrogens (tertiary/aromatic N) is 4. The summed E-state index contributed by atoms with van der Waals surface area (Å²) in [5.74, 6) is 0. The van der Waals surface area contributed by atoms with Crippen LogP contribution in [0.3, 0.4) is 0 Å². The van der Waals surface area contributed by atoms with Gasteiger partial charge < -0.3 is 0 Å². The summed E-state index contributed by atoms with van der Waals surface area (Å²) in [5, 5.41) is 0. The third kappa shape index (κ3) is 6.73. The fraction of sp³-hybridized carbons (Fsp3) is 1.00. The Morgan fingerprint density at radius 1 is 0.500 bits per heavy atom. The molecule has 4 aliphatic rings. The molecule has 0 bridgehead atoms. The minimum absolute atomic E-state index is 0.534. The molecule has 0 saturated carbocycles. The summed E-state index contributed by atoms with van der Waals surface area (Å²) < 4.78 is 10.4. The molecule has 0 aromatic carbocycles. The number of hydrogen-bond acceptors (Lipinski definition) is 4. The molecule has 4 atom stereocenters. The molecule has 0 spiro atoms. The van der Waals surface area contributed by atoms with Gasteiger partial charge in [-0.05, 0) is 77.0 Å². The molecule has 32 heavy (non-hydrogen) atoms. The smallest absolute Gasteiger partial charge is 0.140 e. The lowest BCUT2D eigenvalue weighted by atomic mass is 10.2. The van der Waals surface area contributed by atoms with Crippen LogP contribution in [0.1, 0.15) is 105 Å². The maximum absolute atomic E-state index is 6.76. The van der Waals surface area contributed by atoms with Gasteiger partial charge in [0.05, 0.1) is 0 Å². The fourth-order valence-electron chi connectivity index (χ4n) is 6.11. The van der Waals surface area contributed by atoms with Crippen LogP contribution in [0, 0.1) is 0 Å². The van der Waals surface area contributed by atoms with Gasteiger partial charge in [-0.1, -0.05) is 50.2 Å². The van der Waals surface area contributed by atoms with Gasteiger partial charge in [-0.3, -0.25) is 18.7 Å². The quantitative estimate of drug-likeness (QED) is 0.295. The second kappa shape index (κ2) is 14.1. The highest BCUT2D eigenvalue weighted by molar-refractivity contribution is 7.80. The van der Waals surface area contributed by atoms with E-state index in [-0.39, 0.29) is 0 Å². The molecule has 0 N–H and O–H groups in total. The Morgan fingerprint density at radius 3 is 0.906 bits per heavy atom. The SMILES string of the molecule is CC[C@@H]1CCCN1P(Cl)N1CCC[C@H]1CC.CC[C@H]1CCCN1P(Cl)N1CCC[C@@H]1CC. The average molecular weight is 526 g/mol. The fourth-order valence-corrected chi connectivity index (χ4v) is 12.5. The van der Waals surface area contributed by atoms with E-state index in [2.05, 4.69) is 46.4 Å². The molecular formula is C24H48Cl2N4P2. The number of halogens is 2. The molecule has 0 unspecified atom stereocenters. The largest absolute Gasteiger partial charge is 0.254 e. The van der Waals surface area contributed by atoms with E-state index < -0.39 is 15.2 Å². The summed E-state index contributed by atoms with van der Waals surface area (Å²) in [5.41, 5.74) is 0. The van der Waals surface area contributed by atoms with Crippen molar-refractivity contribution in [3.8, 4) is 0 Å². The molecule has 0 aromatic heterocycles. The minimum atomic E-state index is -0.534. The summed E-state index contributed by atoms with van der Waals surface area (Å²) in [6.45, 7) is 14.1. The predicted molar refractivity (Wildman–Crippen MR) is 146 cm³/mol. The lowest BCUT2D eigenvalue weighted by Gasteiger charge is -2.36. The van der Waals surface area contributed by atoms with Crippen molar-refractivity contribution >= 4 is 37.6 Å². The molecule has 0 aromatic rings. The zero-order chi connectivity index (χ0) is 23.1. The van der Waals surface area contributed by atoms with Crippen LogP contribution in [0.25, 0.3) is 0 Å². The first kappa shape index (κ1) is 27.9.